The molecular weight excluding hydrogens is 505 g/mol. The summed E-state index contributed by atoms with van der Waals surface area (Å²) < 4.78 is 73.7. The first-order valence-electron chi connectivity index (χ1n) is 11.3. The van der Waals surface area contributed by atoms with Crippen molar-refractivity contribution in [1.29, 1.82) is 0 Å². The number of likely N-dealkylation sites (tertiary alicyclic amines) is 1. The quantitative estimate of drug-likeness (QED) is 0.541. The smallest absolute Gasteiger partial charge is 0.267 e. The van der Waals surface area contributed by atoms with Crippen LogP contribution >= 0.6 is 11.6 Å². The molecule has 0 atom stereocenters. The Morgan fingerprint density at radius 2 is 1.86 bits per heavy atom. The van der Waals surface area contributed by atoms with E-state index in [0.717, 1.165) is 30.7 Å². The van der Waals surface area contributed by atoms with E-state index in [4.69, 9.17) is 16.3 Å². The summed E-state index contributed by atoms with van der Waals surface area (Å²) in [7, 11) is -3.85. The molecule has 1 saturated carbocycles. The highest BCUT2D eigenvalue weighted by atomic mass is 35.5. The number of amides is 1. The number of hydrogen-bond donors (Lipinski definition) is 1. The van der Waals surface area contributed by atoms with Gasteiger partial charge in [-0.3, -0.25) is 9.69 Å². The van der Waals surface area contributed by atoms with Crippen molar-refractivity contribution >= 4 is 27.5 Å². The fraction of sp³-hybridized carbons (Fsp3) is 0.458. The number of rotatable bonds is 8. The largest absolute Gasteiger partial charge is 0.490 e. The Bertz CT molecular complexity index is 1230. The van der Waals surface area contributed by atoms with Crippen LogP contribution in [0.3, 0.4) is 0 Å². The lowest BCUT2D eigenvalue weighted by Crippen LogP contribution is -2.44. The molecule has 0 unspecified atom stereocenters. The van der Waals surface area contributed by atoms with Gasteiger partial charge in [-0.05, 0) is 60.9 Å². The molecule has 0 bridgehead atoms. The molecule has 2 aromatic carbocycles. The van der Waals surface area contributed by atoms with Crippen LogP contribution in [0.5, 0.6) is 5.75 Å². The fourth-order valence-corrected chi connectivity index (χ4v) is 4.82. The second kappa shape index (κ2) is 9.99. The SMILES string of the molecule is CS(=O)(=O)NC(=O)c1cc(C2CC2)c(OCC2(F)CCN(Cc3ccc(F)c(Cl)c3)CC2)cc1F. The van der Waals surface area contributed by atoms with Gasteiger partial charge in [0.05, 0.1) is 16.8 Å². The maximum Gasteiger partial charge on any atom is 0.267 e. The van der Waals surface area contributed by atoms with Crippen LogP contribution in [-0.2, 0) is 16.6 Å². The second-order valence-electron chi connectivity index (χ2n) is 9.31. The molecule has 1 amide bonds. The minimum atomic E-state index is -3.85. The van der Waals surface area contributed by atoms with E-state index in [1.165, 1.54) is 12.1 Å². The van der Waals surface area contributed by atoms with E-state index in [1.807, 2.05) is 4.90 Å². The van der Waals surface area contributed by atoms with Crippen molar-refractivity contribution in [2.45, 2.75) is 43.8 Å². The Morgan fingerprint density at radius 3 is 2.46 bits per heavy atom. The maximum atomic E-state index is 15.5. The number of nitrogens with zero attached hydrogens (tertiary/aromatic N) is 1. The van der Waals surface area contributed by atoms with E-state index in [1.54, 1.807) is 16.9 Å². The van der Waals surface area contributed by atoms with Crippen molar-refractivity contribution in [1.82, 2.24) is 9.62 Å². The number of benzene rings is 2. The molecule has 1 saturated heterocycles. The van der Waals surface area contributed by atoms with E-state index in [9.17, 15) is 22.0 Å². The molecule has 6 nitrogen and oxygen atoms in total. The first-order valence-corrected chi connectivity index (χ1v) is 13.5. The number of ether oxygens (including phenoxy) is 1. The molecule has 2 aliphatic rings. The maximum absolute atomic E-state index is 15.5. The lowest BCUT2D eigenvalue weighted by Gasteiger charge is -2.36. The molecule has 2 fully saturated rings. The summed E-state index contributed by atoms with van der Waals surface area (Å²) in [5, 5.41) is 0.0475. The third-order valence-electron chi connectivity index (χ3n) is 6.27. The van der Waals surface area contributed by atoms with Crippen LogP contribution in [-0.4, -0.2) is 50.8 Å². The first-order chi connectivity index (χ1) is 16.4. The zero-order chi connectivity index (χ0) is 25.4. The Balaban J connectivity index is 1.39. The number of carbonyl (C=O) groups excluding carboxylic acids is 1. The summed E-state index contributed by atoms with van der Waals surface area (Å²) in [6.07, 6.45) is 2.86. The van der Waals surface area contributed by atoms with Gasteiger partial charge >= 0.3 is 0 Å². The lowest BCUT2D eigenvalue weighted by atomic mass is 9.93. The van der Waals surface area contributed by atoms with Gasteiger partial charge in [0.2, 0.25) is 10.0 Å². The van der Waals surface area contributed by atoms with E-state index < -0.39 is 38.8 Å². The van der Waals surface area contributed by atoms with E-state index in [0.29, 0.717) is 25.2 Å². The summed E-state index contributed by atoms with van der Waals surface area (Å²) in [5.41, 5.74) is -0.600. The number of nitrogens with one attached hydrogen (secondary N) is 1. The van der Waals surface area contributed by atoms with Gasteiger partial charge in [0.15, 0.2) is 0 Å². The molecule has 1 heterocycles. The predicted molar refractivity (Wildman–Crippen MR) is 126 cm³/mol. The topological polar surface area (TPSA) is 75.7 Å². The summed E-state index contributed by atoms with van der Waals surface area (Å²) in [4.78, 5) is 14.2. The van der Waals surface area contributed by atoms with Crippen molar-refractivity contribution in [3.63, 3.8) is 0 Å². The monoisotopic (exact) mass is 530 g/mol. The summed E-state index contributed by atoms with van der Waals surface area (Å²) in [6, 6.07) is 6.84. The highest BCUT2D eigenvalue weighted by molar-refractivity contribution is 7.89. The van der Waals surface area contributed by atoms with Gasteiger partial charge in [-0.15, -0.1) is 0 Å². The van der Waals surface area contributed by atoms with Crippen molar-refractivity contribution in [2.24, 2.45) is 0 Å². The number of piperidine rings is 1. The summed E-state index contributed by atoms with van der Waals surface area (Å²) in [6.45, 7) is 1.18. The van der Waals surface area contributed by atoms with Crippen LogP contribution in [0, 0.1) is 11.6 Å². The highest BCUT2D eigenvalue weighted by Crippen LogP contribution is 2.45. The van der Waals surface area contributed by atoms with E-state index in [2.05, 4.69) is 0 Å². The standard InChI is InChI=1S/C24H26ClF3N2O4S/c1-35(32,33)29-23(31)18-11-17(16-3-4-16)22(12-21(18)27)34-14-24(28)6-8-30(9-7-24)13-15-2-5-20(26)19(25)10-15/h2,5,10-12,16H,3-4,6-9,13-14H2,1H3,(H,29,31). The van der Waals surface area contributed by atoms with Crippen LogP contribution < -0.4 is 9.46 Å². The average Bonchev–Trinajstić information content (AvgIpc) is 3.61. The Morgan fingerprint density at radius 1 is 1.17 bits per heavy atom. The molecule has 0 radical (unpaired) electrons. The molecule has 0 spiro atoms. The number of hydrogen-bond acceptors (Lipinski definition) is 5. The molecule has 1 aliphatic carbocycles. The van der Waals surface area contributed by atoms with Crippen LogP contribution in [0.4, 0.5) is 13.2 Å². The Kier molecular flexibility index (Phi) is 7.36. The predicted octanol–water partition coefficient (Wildman–Crippen LogP) is 4.57. The molecule has 11 heteroatoms. The molecule has 1 aliphatic heterocycles. The Hall–Kier alpha value is -2.30. The zero-order valence-corrected chi connectivity index (χ0v) is 20.7. The van der Waals surface area contributed by atoms with Crippen molar-refractivity contribution in [3.05, 3.63) is 63.7 Å². The molecule has 0 aromatic heterocycles. The van der Waals surface area contributed by atoms with Crippen LogP contribution in [0.15, 0.2) is 30.3 Å². The molecule has 1 N–H and O–H groups in total. The average molecular weight is 531 g/mol. The highest BCUT2D eigenvalue weighted by Gasteiger charge is 2.37. The third kappa shape index (κ3) is 6.68. The fourth-order valence-electron chi connectivity index (χ4n) is 4.17. The molecule has 2 aromatic rings. The third-order valence-corrected chi connectivity index (χ3v) is 7.11. The minimum absolute atomic E-state index is 0.0475. The van der Waals surface area contributed by atoms with Gasteiger partial charge in [-0.2, -0.15) is 0 Å². The number of carbonyl (C=O) groups is 1. The lowest BCUT2D eigenvalue weighted by molar-refractivity contribution is 0.0148. The summed E-state index contributed by atoms with van der Waals surface area (Å²) in [5.74, 6) is -2.27. The number of sulfonamides is 1. The number of halogens is 4. The Labute approximate surface area is 207 Å². The van der Waals surface area contributed by atoms with E-state index >= 15 is 4.39 Å². The molecular formula is C24H26ClF3N2O4S. The van der Waals surface area contributed by atoms with Crippen molar-refractivity contribution in [2.75, 3.05) is 26.0 Å². The number of alkyl halides is 1. The normalized spacial score (nSPS) is 18.3. The second-order valence-corrected chi connectivity index (χ2v) is 11.5. The van der Waals surface area contributed by atoms with Gasteiger partial charge < -0.3 is 4.74 Å². The van der Waals surface area contributed by atoms with Gasteiger partial charge in [0.1, 0.15) is 29.7 Å². The van der Waals surface area contributed by atoms with Crippen LogP contribution in [0.2, 0.25) is 5.02 Å². The van der Waals surface area contributed by atoms with Gasteiger partial charge in [-0.25, -0.2) is 26.3 Å². The zero-order valence-electron chi connectivity index (χ0n) is 19.1. The van der Waals surface area contributed by atoms with Crippen molar-refractivity contribution in [3.8, 4) is 5.75 Å². The van der Waals surface area contributed by atoms with Crippen molar-refractivity contribution < 1.29 is 31.1 Å². The van der Waals surface area contributed by atoms with E-state index in [-0.39, 0.29) is 36.1 Å². The van der Waals surface area contributed by atoms with Gasteiger partial charge in [0.25, 0.3) is 5.91 Å². The first kappa shape index (κ1) is 25.8. The van der Waals surface area contributed by atoms with Crippen LogP contribution in [0.25, 0.3) is 0 Å². The van der Waals surface area contributed by atoms with Gasteiger partial charge in [-0.1, -0.05) is 17.7 Å². The molecule has 190 valence electrons. The molecule has 4 rings (SSSR count). The van der Waals surface area contributed by atoms with Gasteiger partial charge in [0, 0.05) is 25.7 Å². The summed E-state index contributed by atoms with van der Waals surface area (Å²) >= 11 is 5.84. The minimum Gasteiger partial charge on any atom is -0.490 e. The molecule has 35 heavy (non-hydrogen) atoms. The van der Waals surface area contributed by atoms with Crippen LogP contribution in [0.1, 0.15) is 53.1 Å².